The molecule has 18 heavy (non-hydrogen) atoms. The Morgan fingerprint density at radius 1 is 1.44 bits per heavy atom. The molecule has 3 nitrogen and oxygen atoms in total. The molecule has 0 spiro atoms. The number of nitrogens with zero attached hydrogens (tertiary/aromatic N) is 1. The lowest BCUT2D eigenvalue weighted by Crippen LogP contribution is -2.32. The summed E-state index contributed by atoms with van der Waals surface area (Å²) in [6, 6.07) is 0. The van der Waals surface area contributed by atoms with E-state index in [0.29, 0.717) is 18.3 Å². The predicted octanol–water partition coefficient (Wildman–Crippen LogP) is 2.08. The molecular formula is C14H19NO2S. The van der Waals surface area contributed by atoms with Crippen LogP contribution in [0.2, 0.25) is 0 Å². The summed E-state index contributed by atoms with van der Waals surface area (Å²) in [5.74, 6) is 2.35. The van der Waals surface area contributed by atoms with Gasteiger partial charge in [-0.1, -0.05) is 23.9 Å². The minimum Gasteiger partial charge on any atom is -0.341 e. The van der Waals surface area contributed by atoms with Gasteiger partial charge in [-0.05, 0) is 30.6 Å². The van der Waals surface area contributed by atoms with E-state index in [0.717, 1.165) is 19.0 Å². The van der Waals surface area contributed by atoms with E-state index in [1.165, 1.54) is 24.6 Å². The van der Waals surface area contributed by atoms with Crippen LogP contribution in [0.1, 0.15) is 26.2 Å². The van der Waals surface area contributed by atoms with E-state index in [-0.39, 0.29) is 16.3 Å². The molecule has 0 aromatic heterocycles. The van der Waals surface area contributed by atoms with Crippen LogP contribution in [0.25, 0.3) is 0 Å². The molecule has 1 amide bonds. The van der Waals surface area contributed by atoms with Gasteiger partial charge in [-0.2, -0.15) is 0 Å². The van der Waals surface area contributed by atoms with Gasteiger partial charge in [0.25, 0.3) is 0 Å². The van der Waals surface area contributed by atoms with E-state index in [9.17, 15) is 9.59 Å². The van der Waals surface area contributed by atoms with Crippen LogP contribution >= 0.6 is 11.8 Å². The van der Waals surface area contributed by atoms with Crippen molar-refractivity contribution in [3.8, 4) is 0 Å². The zero-order valence-corrected chi connectivity index (χ0v) is 11.5. The number of hydrogen-bond acceptors (Lipinski definition) is 3. The average molecular weight is 265 g/mol. The molecule has 1 heterocycles. The minimum absolute atomic E-state index is 0.123. The van der Waals surface area contributed by atoms with Crippen molar-refractivity contribution in [2.75, 3.05) is 13.1 Å². The van der Waals surface area contributed by atoms with E-state index >= 15 is 0 Å². The fourth-order valence-electron chi connectivity index (χ4n) is 3.61. The zero-order chi connectivity index (χ0) is 12.7. The van der Waals surface area contributed by atoms with Crippen molar-refractivity contribution in [1.82, 2.24) is 4.90 Å². The SMILES string of the molecule is CC(=O)SC1CC(=O)N(CC2CC3C=CC2C3)C1. The average Bonchev–Trinajstić information content (AvgIpc) is 2.95. The van der Waals surface area contributed by atoms with Gasteiger partial charge in [0.2, 0.25) is 5.91 Å². The molecule has 98 valence electrons. The molecule has 1 saturated heterocycles. The van der Waals surface area contributed by atoms with Crippen molar-refractivity contribution in [3.63, 3.8) is 0 Å². The van der Waals surface area contributed by atoms with Gasteiger partial charge in [0.15, 0.2) is 5.12 Å². The van der Waals surface area contributed by atoms with Gasteiger partial charge in [-0.3, -0.25) is 9.59 Å². The first-order valence-electron chi connectivity index (χ1n) is 6.75. The molecule has 3 aliphatic rings. The predicted molar refractivity (Wildman–Crippen MR) is 72.1 cm³/mol. The van der Waals surface area contributed by atoms with E-state index in [2.05, 4.69) is 12.2 Å². The number of rotatable bonds is 3. The largest absolute Gasteiger partial charge is 0.341 e. The van der Waals surface area contributed by atoms with Crippen molar-refractivity contribution < 1.29 is 9.59 Å². The number of hydrogen-bond donors (Lipinski definition) is 0. The highest BCUT2D eigenvalue weighted by atomic mass is 32.2. The first-order chi connectivity index (χ1) is 8.61. The smallest absolute Gasteiger partial charge is 0.223 e. The molecule has 0 aromatic carbocycles. The number of carbonyl (C=O) groups excluding carboxylic acids is 2. The summed E-state index contributed by atoms with van der Waals surface area (Å²) in [6.45, 7) is 3.25. The summed E-state index contributed by atoms with van der Waals surface area (Å²) >= 11 is 1.33. The van der Waals surface area contributed by atoms with Crippen LogP contribution in [-0.2, 0) is 9.59 Å². The number of fused-ring (bicyclic) bond motifs is 2. The molecule has 1 aliphatic heterocycles. The standard InChI is InChI=1S/C14H19NO2S/c1-9(16)18-13-6-14(17)15(8-13)7-12-5-10-2-3-11(12)4-10/h2-3,10-13H,4-8H2,1H3. The Labute approximate surface area is 112 Å². The van der Waals surface area contributed by atoms with Gasteiger partial charge in [0.1, 0.15) is 0 Å². The number of allylic oxidation sites excluding steroid dienone is 2. The molecule has 0 aromatic rings. The lowest BCUT2D eigenvalue weighted by atomic mass is 9.93. The maximum atomic E-state index is 11.9. The maximum Gasteiger partial charge on any atom is 0.223 e. The van der Waals surface area contributed by atoms with Crippen molar-refractivity contribution >= 4 is 22.8 Å². The second-order valence-electron chi connectivity index (χ2n) is 5.77. The summed E-state index contributed by atoms with van der Waals surface area (Å²) in [5.41, 5.74) is 0. The van der Waals surface area contributed by atoms with E-state index < -0.39 is 0 Å². The molecule has 4 atom stereocenters. The quantitative estimate of drug-likeness (QED) is 0.733. The Balaban J connectivity index is 1.56. The summed E-state index contributed by atoms with van der Waals surface area (Å²) in [5, 5.41) is 0.307. The maximum absolute atomic E-state index is 11.9. The van der Waals surface area contributed by atoms with Crippen LogP contribution < -0.4 is 0 Å². The van der Waals surface area contributed by atoms with Crippen LogP contribution in [0.3, 0.4) is 0 Å². The van der Waals surface area contributed by atoms with Crippen LogP contribution in [0, 0.1) is 17.8 Å². The van der Waals surface area contributed by atoms with Crippen LogP contribution in [0.15, 0.2) is 12.2 Å². The van der Waals surface area contributed by atoms with Gasteiger partial charge in [-0.25, -0.2) is 0 Å². The lowest BCUT2D eigenvalue weighted by Gasteiger charge is -2.25. The summed E-state index contributed by atoms with van der Waals surface area (Å²) in [4.78, 5) is 25.0. The van der Waals surface area contributed by atoms with Crippen LogP contribution in [-0.4, -0.2) is 34.3 Å². The highest BCUT2D eigenvalue weighted by Gasteiger charge is 2.39. The first-order valence-corrected chi connectivity index (χ1v) is 7.63. The monoisotopic (exact) mass is 265 g/mol. The fourth-order valence-corrected chi connectivity index (χ4v) is 4.56. The molecular weight excluding hydrogens is 246 g/mol. The van der Waals surface area contributed by atoms with Crippen LogP contribution in [0.5, 0.6) is 0 Å². The molecule has 4 heteroatoms. The molecule has 0 radical (unpaired) electrons. The molecule has 2 aliphatic carbocycles. The van der Waals surface area contributed by atoms with Crippen molar-refractivity contribution in [1.29, 1.82) is 0 Å². The first kappa shape index (κ1) is 12.3. The Bertz CT molecular complexity index is 407. The van der Waals surface area contributed by atoms with Crippen molar-refractivity contribution in [2.45, 2.75) is 31.4 Å². The molecule has 2 bridgehead atoms. The van der Waals surface area contributed by atoms with Crippen molar-refractivity contribution in [3.05, 3.63) is 12.2 Å². The van der Waals surface area contributed by atoms with Gasteiger partial charge in [-0.15, -0.1) is 0 Å². The third kappa shape index (κ3) is 2.35. The minimum atomic E-state index is 0.123. The Hall–Kier alpha value is -0.770. The van der Waals surface area contributed by atoms with Gasteiger partial charge >= 0.3 is 0 Å². The van der Waals surface area contributed by atoms with E-state index in [4.69, 9.17) is 0 Å². The topological polar surface area (TPSA) is 37.4 Å². The second kappa shape index (κ2) is 4.72. The zero-order valence-electron chi connectivity index (χ0n) is 10.7. The second-order valence-corrected chi connectivity index (χ2v) is 7.25. The molecule has 1 saturated carbocycles. The van der Waals surface area contributed by atoms with Crippen molar-refractivity contribution in [2.24, 2.45) is 17.8 Å². The third-order valence-electron chi connectivity index (χ3n) is 4.38. The molecule has 3 rings (SSSR count). The number of carbonyl (C=O) groups is 2. The molecule has 0 N–H and O–H groups in total. The number of thioether (sulfide) groups is 1. The normalized spacial score (nSPS) is 37.8. The Kier molecular flexibility index (Phi) is 3.22. The Morgan fingerprint density at radius 2 is 2.28 bits per heavy atom. The number of amides is 1. The summed E-state index contributed by atoms with van der Waals surface area (Å²) < 4.78 is 0. The van der Waals surface area contributed by atoms with E-state index in [1.54, 1.807) is 6.92 Å². The van der Waals surface area contributed by atoms with Gasteiger partial charge in [0.05, 0.1) is 0 Å². The third-order valence-corrected chi connectivity index (χ3v) is 5.36. The highest BCUT2D eigenvalue weighted by Crippen LogP contribution is 2.44. The van der Waals surface area contributed by atoms with E-state index in [1.807, 2.05) is 4.90 Å². The fraction of sp³-hybridized carbons (Fsp3) is 0.714. The van der Waals surface area contributed by atoms with Gasteiger partial charge < -0.3 is 4.90 Å². The summed E-state index contributed by atoms with van der Waals surface area (Å²) in [6.07, 6.45) is 7.75. The van der Waals surface area contributed by atoms with Crippen LogP contribution in [0.4, 0.5) is 0 Å². The molecule has 4 unspecified atom stereocenters. The highest BCUT2D eigenvalue weighted by molar-refractivity contribution is 8.14. The summed E-state index contributed by atoms with van der Waals surface area (Å²) in [7, 11) is 0. The Morgan fingerprint density at radius 3 is 2.89 bits per heavy atom. The number of likely N-dealkylation sites (tertiary alicyclic amines) is 1. The van der Waals surface area contributed by atoms with Gasteiger partial charge in [0, 0.05) is 31.7 Å². The lowest BCUT2D eigenvalue weighted by molar-refractivity contribution is -0.128. The molecule has 2 fully saturated rings.